The molecule has 7 rings (SSSR count). The SMILES string of the molecule is O=C(O[C@@H]1Cc2c(O)cc(O)cc2O[C@H]1c1cc(O)c(O)c(O)c1-c1c([C@@H]2Oc3cc(O)cc(O)c3C[C@H]2O)cc(O)c(O)c1O)c1cc(O)c(O)c(O)c1. The van der Waals surface area contributed by atoms with Crippen LogP contribution in [0.5, 0.6) is 86.2 Å². The van der Waals surface area contributed by atoms with Crippen molar-refractivity contribution in [3.05, 3.63) is 76.3 Å². The number of aliphatic hydroxyl groups is 1. The highest BCUT2D eigenvalue weighted by Gasteiger charge is 2.42. The monoisotopic (exact) mass is 762 g/mol. The molecule has 0 unspecified atom stereocenters. The highest BCUT2D eigenvalue weighted by atomic mass is 16.6. The molecule has 0 fully saturated rings. The number of carbonyl (C=O) groups excluding carboxylic acids is 1. The van der Waals surface area contributed by atoms with Gasteiger partial charge in [-0.05, 0) is 24.3 Å². The molecule has 0 radical (unpaired) electrons. The van der Waals surface area contributed by atoms with Gasteiger partial charge in [0.05, 0.1) is 11.7 Å². The van der Waals surface area contributed by atoms with Crippen molar-refractivity contribution in [2.75, 3.05) is 0 Å². The maximum Gasteiger partial charge on any atom is 0.338 e. The molecule has 0 saturated carbocycles. The van der Waals surface area contributed by atoms with Crippen molar-refractivity contribution < 1.29 is 90.5 Å². The number of carbonyl (C=O) groups is 1. The lowest BCUT2D eigenvalue weighted by Crippen LogP contribution is -2.35. The van der Waals surface area contributed by atoms with Crippen molar-refractivity contribution in [1.29, 1.82) is 0 Å². The lowest BCUT2D eigenvalue weighted by molar-refractivity contribution is -0.0188. The maximum absolute atomic E-state index is 13.5. The summed E-state index contributed by atoms with van der Waals surface area (Å²) < 4.78 is 17.7. The van der Waals surface area contributed by atoms with Gasteiger partial charge in [-0.1, -0.05) is 0 Å². The van der Waals surface area contributed by atoms with Crippen LogP contribution in [0.15, 0.2) is 48.5 Å². The Balaban J connectivity index is 1.44. The summed E-state index contributed by atoms with van der Waals surface area (Å²) in [5.74, 6) is -12.9. The van der Waals surface area contributed by atoms with E-state index in [-0.39, 0.29) is 34.6 Å². The predicted octanol–water partition coefficient (Wildman–Crippen LogP) is 3.47. The zero-order valence-electron chi connectivity index (χ0n) is 27.7. The van der Waals surface area contributed by atoms with Crippen molar-refractivity contribution in [2.45, 2.75) is 37.3 Å². The molecule has 2 aliphatic heterocycles. The summed E-state index contributed by atoms with van der Waals surface area (Å²) in [6.07, 6.45) is -7.38. The number of phenols is 13. The van der Waals surface area contributed by atoms with Gasteiger partial charge in [0.25, 0.3) is 0 Å². The van der Waals surface area contributed by atoms with Gasteiger partial charge in [-0.3, -0.25) is 0 Å². The van der Waals surface area contributed by atoms with Crippen molar-refractivity contribution >= 4 is 5.97 Å². The molecule has 4 atom stereocenters. The van der Waals surface area contributed by atoms with Crippen LogP contribution in [0.25, 0.3) is 11.1 Å². The Morgan fingerprint density at radius 1 is 0.509 bits per heavy atom. The van der Waals surface area contributed by atoms with Gasteiger partial charge in [0.1, 0.15) is 40.6 Å². The zero-order valence-corrected chi connectivity index (χ0v) is 27.7. The third kappa shape index (κ3) is 5.95. The van der Waals surface area contributed by atoms with Crippen LogP contribution in [-0.4, -0.2) is 89.7 Å². The predicted molar refractivity (Wildman–Crippen MR) is 182 cm³/mol. The van der Waals surface area contributed by atoms with E-state index in [0.717, 1.165) is 48.5 Å². The first-order valence-electron chi connectivity index (χ1n) is 16.1. The smallest absolute Gasteiger partial charge is 0.338 e. The maximum atomic E-state index is 13.5. The van der Waals surface area contributed by atoms with Gasteiger partial charge in [0, 0.05) is 70.5 Å². The van der Waals surface area contributed by atoms with Crippen molar-refractivity contribution in [2.24, 2.45) is 0 Å². The van der Waals surface area contributed by atoms with Gasteiger partial charge in [0.15, 0.2) is 52.5 Å². The minimum Gasteiger partial charge on any atom is -0.508 e. The van der Waals surface area contributed by atoms with Crippen molar-refractivity contribution in [3.63, 3.8) is 0 Å². The summed E-state index contributed by atoms with van der Waals surface area (Å²) in [5.41, 5.74) is -2.58. The first-order valence-corrected chi connectivity index (χ1v) is 16.1. The zero-order chi connectivity index (χ0) is 39.8. The first-order chi connectivity index (χ1) is 25.9. The fourth-order valence-electron chi connectivity index (χ4n) is 6.77. The Hall–Kier alpha value is -7.47. The molecule has 0 aromatic heterocycles. The van der Waals surface area contributed by atoms with E-state index >= 15 is 0 Å². The summed E-state index contributed by atoms with van der Waals surface area (Å²) in [5, 5.41) is 148. The minimum absolute atomic E-state index is 0.0215. The number of rotatable bonds is 5. The molecule has 5 aromatic rings. The summed E-state index contributed by atoms with van der Waals surface area (Å²) in [6.45, 7) is 0. The fraction of sp³-hybridized carbons (Fsp3) is 0.162. The van der Waals surface area contributed by atoms with Crippen molar-refractivity contribution in [3.8, 4) is 97.4 Å². The quantitative estimate of drug-likeness (QED) is 0.0900. The summed E-state index contributed by atoms with van der Waals surface area (Å²) in [7, 11) is 0. The topological polar surface area (TPSA) is 328 Å². The average molecular weight is 763 g/mol. The third-order valence-corrected chi connectivity index (χ3v) is 9.35. The molecule has 286 valence electrons. The number of esters is 1. The highest BCUT2D eigenvalue weighted by molar-refractivity contribution is 5.92. The molecule has 18 nitrogen and oxygen atoms in total. The van der Waals surface area contributed by atoms with Crippen LogP contribution in [0, 0.1) is 0 Å². The largest absolute Gasteiger partial charge is 0.508 e. The number of benzene rings is 5. The normalized spacial score (nSPS) is 18.7. The van der Waals surface area contributed by atoms with E-state index in [9.17, 15) is 76.3 Å². The van der Waals surface area contributed by atoms with Gasteiger partial charge >= 0.3 is 5.97 Å². The molecule has 0 aliphatic carbocycles. The number of hydrogen-bond donors (Lipinski definition) is 14. The Bertz CT molecular complexity index is 2400. The second kappa shape index (κ2) is 12.9. The van der Waals surface area contributed by atoms with Crippen LogP contribution >= 0.6 is 0 Å². The Kier molecular flexibility index (Phi) is 8.41. The van der Waals surface area contributed by atoms with Gasteiger partial charge in [0.2, 0.25) is 11.5 Å². The van der Waals surface area contributed by atoms with E-state index in [4.69, 9.17) is 14.2 Å². The van der Waals surface area contributed by atoms with Gasteiger partial charge in [-0.15, -0.1) is 0 Å². The van der Waals surface area contributed by atoms with Gasteiger partial charge < -0.3 is 85.7 Å². The third-order valence-electron chi connectivity index (χ3n) is 9.35. The molecular formula is C37H30O18. The summed E-state index contributed by atoms with van der Waals surface area (Å²) in [6, 6.07) is 7.32. The average Bonchev–Trinajstić information content (AvgIpc) is 3.12. The number of fused-ring (bicyclic) bond motifs is 2. The standard InChI is InChI=1S/C37H30O18/c38-12-3-18(40)14-7-24(46)35(53-25(14)5-12)16-8-22(44)31(48)33(50)28(16)29-17(9-23(45)32(49)34(29)51)36-27(10-15-19(41)4-13(39)6-26(15)54-36)55-37(52)11-1-20(42)30(47)21(43)2-11/h1-6,8-9,24,27,35-36,38-51H,7,10H2/t24-,27-,35+,36+/m1/s1. The Morgan fingerprint density at radius 2 is 0.945 bits per heavy atom. The second-order valence-corrected chi connectivity index (χ2v) is 12.9. The second-order valence-electron chi connectivity index (χ2n) is 12.9. The van der Waals surface area contributed by atoms with Gasteiger partial charge in [-0.2, -0.15) is 0 Å². The number of ether oxygens (including phenoxy) is 3. The van der Waals surface area contributed by atoms with E-state index in [1.54, 1.807) is 0 Å². The van der Waals surface area contributed by atoms with E-state index in [2.05, 4.69) is 0 Å². The number of hydrogen-bond acceptors (Lipinski definition) is 18. The number of aliphatic hydroxyl groups excluding tert-OH is 1. The molecule has 14 N–H and O–H groups in total. The molecule has 2 aliphatic rings. The van der Waals surface area contributed by atoms with Crippen LogP contribution in [0.2, 0.25) is 0 Å². The van der Waals surface area contributed by atoms with Crippen molar-refractivity contribution in [1.82, 2.24) is 0 Å². The lowest BCUT2D eigenvalue weighted by atomic mass is 9.83. The molecule has 0 spiro atoms. The molecule has 55 heavy (non-hydrogen) atoms. The van der Waals surface area contributed by atoms with Crippen LogP contribution in [0.3, 0.4) is 0 Å². The van der Waals surface area contributed by atoms with Crippen LogP contribution in [0.4, 0.5) is 0 Å². The van der Waals surface area contributed by atoms with Crippen LogP contribution < -0.4 is 9.47 Å². The van der Waals surface area contributed by atoms with E-state index in [0.29, 0.717) is 0 Å². The lowest BCUT2D eigenvalue weighted by Gasteiger charge is -2.36. The minimum atomic E-state index is -1.75. The molecule has 0 saturated heterocycles. The molecule has 18 heteroatoms. The highest BCUT2D eigenvalue weighted by Crippen LogP contribution is 2.57. The molecule has 5 aromatic carbocycles. The summed E-state index contributed by atoms with van der Waals surface area (Å²) in [4.78, 5) is 13.5. The Morgan fingerprint density at radius 3 is 1.45 bits per heavy atom. The van der Waals surface area contributed by atoms with E-state index in [1.807, 2.05) is 0 Å². The van der Waals surface area contributed by atoms with Gasteiger partial charge in [-0.25, -0.2) is 4.79 Å². The molecule has 2 heterocycles. The number of aromatic hydroxyl groups is 13. The first kappa shape index (κ1) is 35.9. The van der Waals surface area contributed by atoms with E-state index < -0.39 is 134 Å². The molecular weight excluding hydrogens is 732 g/mol. The van der Waals surface area contributed by atoms with E-state index in [1.165, 1.54) is 0 Å². The van der Waals surface area contributed by atoms with Crippen LogP contribution in [0.1, 0.15) is 44.8 Å². The Labute approximate surface area is 307 Å². The molecule has 0 amide bonds. The number of phenolic OH excluding ortho intramolecular Hbond substituents is 13. The molecule has 0 bridgehead atoms. The fourth-order valence-corrected chi connectivity index (χ4v) is 6.77. The van der Waals surface area contributed by atoms with Crippen LogP contribution in [-0.2, 0) is 17.6 Å². The summed E-state index contributed by atoms with van der Waals surface area (Å²) >= 11 is 0.